The molecule has 0 unspecified atom stereocenters. The number of nitrogens with zero attached hydrogens (tertiary/aromatic N) is 2. The summed E-state index contributed by atoms with van der Waals surface area (Å²) in [4.78, 5) is 17.1. The highest BCUT2D eigenvalue weighted by Gasteiger charge is 2.15. The highest BCUT2D eigenvalue weighted by molar-refractivity contribution is 6.31. The normalized spacial score (nSPS) is 12.3. The summed E-state index contributed by atoms with van der Waals surface area (Å²) in [5, 5.41) is 9.77. The second-order valence-electron chi connectivity index (χ2n) is 6.01. The van der Waals surface area contributed by atoms with Gasteiger partial charge in [-0.15, -0.1) is 0 Å². The van der Waals surface area contributed by atoms with Crippen molar-refractivity contribution in [1.29, 1.82) is 5.26 Å². The van der Waals surface area contributed by atoms with Crippen molar-refractivity contribution in [3.05, 3.63) is 69.8 Å². The maximum Gasteiger partial charge on any atom is 0.187 e. The second-order valence-corrected chi connectivity index (χ2v) is 6.45. The molecule has 4 heteroatoms. The van der Waals surface area contributed by atoms with Crippen LogP contribution in [0.2, 0.25) is 5.02 Å². The quantitative estimate of drug-likeness (QED) is 0.244. The summed E-state index contributed by atoms with van der Waals surface area (Å²) in [7, 11) is 1.74. The van der Waals surface area contributed by atoms with Gasteiger partial charge in [-0.25, -0.2) is 0 Å². The number of hydrogen-bond acceptors (Lipinski definition) is 3. The molecule has 1 aromatic rings. The molecule has 0 N–H and O–H groups in total. The molecule has 0 aliphatic carbocycles. The Bertz CT molecular complexity index is 823. The number of hydrogen-bond donors (Lipinski definition) is 0. The van der Waals surface area contributed by atoms with Crippen molar-refractivity contribution >= 4 is 23.1 Å². The largest absolute Gasteiger partial charge is 0.293 e. The lowest BCUT2D eigenvalue weighted by Crippen LogP contribution is -2.05. The fourth-order valence-electron chi connectivity index (χ4n) is 2.47. The fourth-order valence-corrected chi connectivity index (χ4v) is 2.74. The topological polar surface area (TPSA) is 53.2 Å². The highest BCUT2D eigenvalue weighted by Crippen LogP contribution is 2.22. The highest BCUT2D eigenvalue weighted by atomic mass is 35.5. The van der Waals surface area contributed by atoms with E-state index in [1.807, 2.05) is 26.0 Å². The SMILES string of the molecule is C=C(/C=C\C(C/C(=C\C(=O)c1c(C)cc(Cl)cc1C#N)CC)=NC)CC. The van der Waals surface area contributed by atoms with E-state index in [0.29, 0.717) is 28.1 Å². The number of carbonyl (C=O) groups is 1. The van der Waals surface area contributed by atoms with Gasteiger partial charge >= 0.3 is 0 Å². The lowest BCUT2D eigenvalue weighted by Gasteiger charge is -2.08. The van der Waals surface area contributed by atoms with Gasteiger partial charge in [-0.2, -0.15) is 5.26 Å². The summed E-state index contributed by atoms with van der Waals surface area (Å²) in [6, 6.07) is 5.29. The first kappa shape index (κ1) is 21.6. The van der Waals surface area contributed by atoms with E-state index < -0.39 is 0 Å². The number of ketones is 1. The second kappa shape index (κ2) is 10.5. The zero-order chi connectivity index (χ0) is 19.7. The number of rotatable bonds is 8. The van der Waals surface area contributed by atoms with E-state index in [2.05, 4.69) is 17.6 Å². The lowest BCUT2D eigenvalue weighted by molar-refractivity contribution is 0.104. The average molecular weight is 369 g/mol. The molecule has 0 saturated carbocycles. The van der Waals surface area contributed by atoms with Crippen molar-refractivity contribution in [1.82, 2.24) is 0 Å². The molecule has 0 radical (unpaired) electrons. The molecule has 26 heavy (non-hydrogen) atoms. The molecule has 0 aliphatic rings. The third kappa shape index (κ3) is 6.13. The Morgan fingerprint density at radius 3 is 2.54 bits per heavy atom. The minimum atomic E-state index is -0.176. The van der Waals surface area contributed by atoms with Crippen molar-refractivity contribution < 1.29 is 4.79 Å². The third-order valence-electron chi connectivity index (χ3n) is 4.12. The van der Waals surface area contributed by atoms with Crippen LogP contribution in [0.5, 0.6) is 0 Å². The number of allylic oxidation sites excluding steroid dienone is 5. The predicted octanol–water partition coefficient (Wildman–Crippen LogP) is 6.02. The molecule has 1 rings (SSSR count). The Morgan fingerprint density at radius 2 is 2.00 bits per heavy atom. The van der Waals surface area contributed by atoms with Crippen LogP contribution in [0.3, 0.4) is 0 Å². The van der Waals surface area contributed by atoms with Crippen molar-refractivity contribution in [3.8, 4) is 6.07 Å². The van der Waals surface area contributed by atoms with E-state index in [1.54, 1.807) is 26.1 Å². The number of benzene rings is 1. The van der Waals surface area contributed by atoms with Gasteiger partial charge in [0.25, 0.3) is 0 Å². The first-order valence-corrected chi connectivity index (χ1v) is 8.99. The van der Waals surface area contributed by atoms with Gasteiger partial charge in [0.05, 0.1) is 11.6 Å². The van der Waals surface area contributed by atoms with Crippen LogP contribution in [0.15, 0.2) is 53.1 Å². The third-order valence-corrected chi connectivity index (χ3v) is 4.34. The molecule has 0 fully saturated rings. The molecule has 0 amide bonds. The van der Waals surface area contributed by atoms with Crippen LogP contribution in [0.1, 0.15) is 54.6 Å². The summed E-state index contributed by atoms with van der Waals surface area (Å²) in [6.07, 6.45) is 7.70. The zero-order valence-electron chi connectivity index (χ0n) is 15.9. The van der Waals surface area contributed by atoms with E-state index in [9.17, 15) is 10.1 Å². The minimum Gasteiger partial charge on any atom is -0.293 e. The smallest absolute Gasteiger partial charge is 0.187 e. The molecule has 0 heterocycles. The van der Waals surface area contributed by atoms with Gasteiger partial charge in [0.15, 0.2) is 5.78 Å². The minimum absolute atomic E-state index is 0.176. The van der Waals surface area contributed by atoms with Gasteiger partial charge < -0.3 is 0 Å². The van der Waals surface area contributed by atoms with Crippen LogP contribution in [0, 0.1) is 18.3 Å². The van der Waals surface area contributed by atoms with E-state index >= 15 is 0 Å². The molecule has 3 nitrogen and oxygen atoms in total. The van der Waals surface area contributed by atoms with E-state index in [1.165, 1.54) is 6.07 Å². The summed E-state index contributed by atoms with van der Waals surface area (Å²) in [5.41, 5.74) is 4.28. The summed E-state index contributed by atoms with van der Waals surface area (Å²) in [5.74, 6) is -0.176. The Kier molecular flexibility index (Phi) is 8.75. The number of aryl methyl sites for hydroxylation is 1. The van der Waals surface area contributed by atoms with Gasteiger partial charge in [0.2, 0.25) is 0 Å². The van der Waals surface area contributed by atoms with Crippen LogP contribution in [0.4, 0.5) is 0 Å². The monoisotopic (exact) mass is 368 g/mol. The molecule has 136 valence electrons. The summed E-state index contributed by atoms with van der Waals surface area (Å²) in [6.45, 7) is 9.79. The molecule has 0 aromatic heterocycles. The number of aliphatic imine (C=N–C) groups is 1. The average Bonchev–Trinajstić information content (AvgIpc) is 2.62. The Labute approximate surface area is 161 Å². The van der Waals surface area contributed by atoms with Crippen molar-refractivity contribution in [3.63, 3.8) is 0 Å². The fraction of sp³-hybridized carbons (Fsp3) is 0.318. The molecule has 1 aromatic carbocycles. The van der Waals surface area contributed by atoms with Crippen LogP contribution < -0.4 is 0 Å². The van der Waals surface area contributed by atoms with E-state index in [0.717, 1.165) is 29.7 Å². The van der Waals surface area contributed by atoms with Gasteiger partial charge in [-0.05, 0) is 49.6 Å². The van der Waals surface area contributed by atoms with E-state index in [-0.39, 0.29) is 5.78 Å². The molecular weight excluding hydrogens is 344 g/mol. The van der Waals surface area contributed by atoms with Gasteiger partial charge in [0.1, 0.15) is 0 Å². The van der Waals surface area contributed by atoms with Gasteiger partial charge in [-0.3, -0.25) is 9.79 Å². The van der Waals surface area contributed by atoms with Crippen LogP contribution in [-0.2, 0) is 0 Å². The first-order valence-electron chi connectivity index (χ1n) is 8.61. The molecule has 0 aliphatic heterocycles. The van der Waals surface area contributed by atoms with Gasteiger partial charge in [-0.1, -0.05) is 49.2 Å². The molecular formula is C22H25ClN2O. The first-order chi connectivity index (χ1) is 12.4. The number of halogens is 1. The van der Waals surface area contributed by atoms with Crippen LogP contribution >= 0.6 is 11.6 Å². The molecule has 0 spiro atoms. The van der Waals surface area contributed by atoms with Gasteiger partial charge in [0, 0.05) is 29.8 Å². The Balaban J connectivity index is 3.13. The Hall–Kier alpha value is -2.44. The maximum absolute atomic E-state index is 12.8. The van der Waals surface area contributed by atoms with Crippen molar-refractivity contribution in [2.75, 3.05) is 7.05 Å². The zero-order valence-corrected chi connectivity index (χ0v) is 16.7. The number of carbonyl (C=O) groups excluding carboxylic acids is 1. The lowest BCUT2D eigenvalue weighted by atomic mass is 9.95. The molecule has 0 bridgehead atoms. The maximum atomic E-state index is 12.8. The van der Waals surface area contributed by atoms with Crippen LogP contribution in [0.25, 0.3) is 0 Å². The number of nitriles is 1. The molecule has 0 atom stereocenters. The van der Waals surface area contributed by atoms with Crippen LogP contribution in [-0.4, -0.2) is 18.5 Å². The Morgan fingerprint density at radius 1 is 1.31 bits per heavy atom. The summed E-state index contributed by atoms with van der Waals surface area (Å²) >= 11 is 5.99. The van der Waals surface area contributed by atoms with Crippen molar-refractivity contribution in [2.45, 2.75) is 40.0 Å². The predicted molar refractivity (Wildman–Crippen MR) is 110 cm³/mol. The van der Waals surface area contributed by atoms with E-state index in [4.69, 9.17) is 11.6 Å². The standard InChI is InChI=1S/C22H25ClN2O/c1-6-15(3)8-9-20(25-5)11-17(7-2)12-21(26)22-16(4)10-19(23)13-18(22)14-24/h8-10,12-13H,3,6-7,11H2,1-2,4-5H3/b9-8-,17-12-,25-20?. The van der Waals surface area contributed by atoms with Crippen molar-refractivity contribution in [2.24, 2.45) is 4.99 Å². The molecule has 0 saturated heterocycles. The summed E-state index contributed by atoms with van der Waals surface area (Å²) < 4.78 is 0.